The first-order chi connectivity index (χ1) is 14.6. The van der Waals surface area contributed by atoms with Crippen LogP contribution in [0.2, 0.25) is 0 Å². The SMILES string of the molecule is Cc1cc(=O)c(C(=O)N[C@@H]2C[C@H]2c2cccc(F)c2)nn1-c1ccccc1C(F)(F)F. The van der Waals surface area contributed by atoms with Crippen molar-refractivity contribution in [2.45, 2.75) is 31.5 Å². The Morgan fingerprint density at radius 2 is 1.87 bits per heavy atom. The van der Waals surface area contributed by atoms with Crippen LogP contribution in [0, 0.1) is 12.7 Å². The summed E-state index contributed by atoms with van der Waals surface area (Å²) in [6.07, 6.45) is -4.07. The number of aryl methyl sites for hydroxylation is 1. The van der Waals surface area contributed by atoms with Crippen molar-refractivity contribution in [1.82, 2.24) is 15.1 Å². The molecule has 1 heterocycles. The standard InChI is InChI=1S/C22H17F4N3O2/c1-12-9-19(30)20(28-29(12)18-8-3-2-7-16(18)22(24,25)26)21(31)27-17-11-15(17)13-5-4-6-14(23)10-13/h2-10,15,17H,11H2,1H3,(H,27,31)/t15-,17+/m0/s1. The van der Waals surface area contributed by atoms with Crippen LogP contribution in [0.15, 0.2) is 59.4 Å². The van der Waals surface area contributed by atoms with Gasteiger partial charge in [0.1, 0.15) is 5.82 Å². The summed E-state index contributed by atoms with van der Waals surface area (Å²) in [7, 11) is 0. The van der Waals surface area contributed by atoms with Gasteiger partial charge in [0.05, 0.1) is 11.3 Å². The Bertz CT molecular complexity index is 1220. The predicted octanol–water partition coefficient (Wildman–Crippen LogP) is 3.98. The third kappa shape index (κ3) is 4.21. The molecule has 1 fully saturated rings. The molecule has 0 unspecified atom stereocenters. The maximum atomic E-state index is 13.4. The lowest BCUT2D eigenvalue weighted by atomic mass is 10.1. The molecule has 4 rings (SSSR count). The molecule has 3 aromatic rings. The van der Waals surface area contributed by atoms with Gasteiger partial charge in [-0.3, -0.25) is 9.59 Å². The zero-order chi connectivity index (χ0) is 22.3. The van der Waals surface area contributed by atoms with E-state index in [4.69, 9.17) is 0 Å². The molecule has 0 saturated heterocycles. The fourth-order valence-corrected chi connectivity index (χ4v) is 3.54. The van der Waals surface area contributed by atoms with Gasteiger partial charge in [-0.1, -0.05) is 24.3 Å². The number of benzene rings is 2. The monoisotopic (exact) mass is 431 g/mol. The zero-order valence-corrected chi connectivity index (χ0v) is 16.3. The van der Waals surface area contributed by atoms with E-state index in [1.54, 1.807) is 12.1 Å². The molecule has 9 heteroatoms. The zero-order valence-electron chi connectivity index (χ0n) is 16.3. The highest BCUT2D eigenvalue weighted by atomic mass is 19.4. The van der Waals surface area contributed by atoms with E-state index in [0.717, 1.165) is 22.4 Å². The van der Waals surface area contributed by atoms with E-state index in [9.17, 15) is 27.2 Å². The van der Waals surface area contributed by atoms with Crippen LogP contribution in [-0.4, -0.2) is 21.7 Å². The number of carbonyl (C=O) groups excluding carboxylic acids is 1. The molecule has 1 aliphatic rings. The second-order valence-electron chi connectivity index (χ2n) is 7.40. The summed E-state index contributed by atoms with van der Waals surface area (Å²) in [5.41, 5.74) is -1.55. The Morgan fingerprint density at radius 1 is 1.13 bits per heavy atom. The van der Waals surface area contributed by atoms with Crippen LogP contribution >= 0.6 is 0 Å². The van der Waals surface area contributed by atoms with Crippen molar-refractivity contribution >= 4 is 5.91 Å². The van der Waals surface area contributed by atoms with Gasteiger partial charge in [0.2, 0.25) is 5.43 Å². The number of hydrogen-bond acceptors (Lipinski definition) is 3. The van der Waals surface area contributed by atoms with Gasteiger partial charge in [0, 0.05) is 23.7 Å². The molecule has 0 aliphatic heterocycles. The number of halogens is 4. The summed E-state index contributed by atoms with van der Waals surface area (Å²) in [6.45, 7) is 1.43. The Labute approximate surface area is 174 Å². The normalized spacial score (nSPS) is 18.0. The average Bonchev–Trinajstić information content (AvgIpc) is 3.46. The second kappa shape index (κ2) is 7.64. The van der Waals surface area contributed by atoms with E-state index in [1.165, 1.54) is 37.3 Å². The van der Waals surface area contributed by atoms with Crippen LogP contribution in [0.3, 0.4) is 0 Å². The molecule has 1 saturated carbocycles. The highest BCUT2D eigenvalue weighted by Crippen LogP contribution is 2.41. The molecule has 0 spiro atoms. The molecule has 1 N–H and O–H groups in total. The minimum absolute atomic E-state index is 0.0988. The molecule has 1 aliphatic carbocycles. The molecule has 0 bridgehead atoms. The first-order valence-electron chi connectivity index (χ1n) is 9.49. The van der Waals surface area contributed by atoms with Crippen LogP contribution < -0.4 is 10.7 Å². The summed E-state index contributed by atoms with van der Waals surface area (Å²) < 4.78 is 54.6. The van der Waals surface area contributed by atoms with Crippen LogP contribution in [-0.2, 0) is 6.18 Å². The van der Waals surface area contributed by atoms with Gasteiger partial charge in [-0.15, -0.1) is 0 Å². The van der Waals surface area contributed by atoms with Crippen LogP contribution in [0.4, 0.5) is 17.6 Å². The minimum atomic E-state index is -4.64. The smallest absolute Gasteiger partial charge is 0.347 e. The molecule has 160 valence electrons. The molecule has 0 radical (unpaired) electrons. The van der Waals surface area contributed by atoms with E-state index >= 15 is 0 Å². The number of aromatic nitrogens is 2. The lowest BCUT2D eigenvalue weighted by Crippen LogP contribution is -2.34. The Kier molecular flexibility index (Phi) is 5.12. The molecule has 2 atom stereocenters. The van der Waals surface area contributed by atoms with Gasteiger partial charge < -0.3 is 5.32 Å². The van der Waals surface area contributed by atoms with Crippen molar-refractivity contribution in [3.8, 4) is 5.69 Å². The quantitative estimate of drug-likeness (QED) is 0.636. The molecular weight excluding hydrogens is 414 g/mol. The summed E-state index contributed by atoms with van der Waals surface area (Å²) >= 11 is 0. The van der Waals surface area contributed by atoms with Crippen LogP contribution in [0.25, 0.3) is 5.69 Å². The first kappa shape index (κ1) is 20.8. The highest BCUT2D eigenvalue weighted by molar-refractivity contribution is 5.92. The van der Waals surface area contributed by atoms with Crippen LogP contribution in [0.5, 0.6) is 0 Å². The molecule has 1 aromatic heterocycles. The predicted molar refractivity (Wildman–Crippen MR) is 105 cm³/mol. The Balaban J connectivity index is 1.62. The van der Waals surface area contributed by atoms with Crippen molar-refractivity contribution < 1.29 is 22.4 Å². The highest BCUT2D eigenvalue weighted by Gasteiger charge is 2.40. The number of para-hydroxylation sites is 1. The summed E-state index contributed by atoms with van der Waals surface area (Å²) in [4.78, 5) is 25.0. The van der Waals surface area contributed by atoms with E-state index < -0.39 is 28.8 Å². The molecule has 5 nitrogen and oxygen atoms in total. The summed E-state index contributed by atoms with van der Waals surface area (Å²) in [6, 6.07) is 11.6. The fraction of sp³-hybridized carbons (Fsp3) is 0.227. The number of nitrogens with one attached hydrogen (secondary N) is 1. The van der Waals surface area contributed by atoms with E-state index in [1.807, 2.05) is 0 Å². The van der Waals surface area contributed by atoms with Crippen molar-refractivity contribution in [1.29, 1.82) is 0 Å². The molecule has 2 aromatic carbocycles. The summed E-state index contributed by atoms with van der Waals surface area (Å²) in [5, 5.41) is 6.60. The number of rotatable bonds is 4. The third-order valence-electron chi connectivity index (χ3n) is 5.14. The maximum Gasteiger partial charge on any atom is 0.418 e. The number of alkyl halides is 3. The lowest BCUT2D eigenvalue weighted by Gasteiger charge is -2.16. The van der Waals surface area contributed by atoms with Crippen molar-refractivity contribution in [2.24, 2.45) is 0 Å². The van der Waals surface area contributed by atoms with Gasteiger partial charge in [0.25, 0.3) is 5.91 Å². The summed E-state index contributed by atoms with van der Waals surface area (Å²) in [5.74, 6) is -1.27. The van der Waals surface area contributed by atoms with Gasteiger partial charge >= 0.3 is 6.18 Å². The van der Waals surface area contributed by atoms with E-state index in [2.05, 4.69) is 10.4 Å². The molecule has 31 heavy (non-hydrogen) atoms. The van der Waals surface area contributed by atoms with E-state index in [0.29, 0.717) is 6.42 Å². The minimum Gasteiger partial charge on any atom is -0.347 e. The van der Waals surface area contributed by atoms with Crippen LogP contribution in [0.1, 0.15) is 39.6 Å². The second-order valence-corrected chi connectivity index (χ2v) is 7.40. The van der Waals surface area contributed by atoms with Gasteiger partial charge in [0.15, 0.2) is 5.69 Å². The first-order valence-corrected chi connectivity index (χ1v) is 9.49. The lowest BCUT2D eigenvalue weighted by molar-refractivity contribution is -0.137. The van der Waals surface area contributed by atoms with Gasteiger partial charge in [-0.05, 0) is 43.2 Å². The van der Waals surface area contributed by atoms with Gasteiger partial charge in [-0.25, -0.2) is 9.07 Å². The number of amides is 1. The molecular formula is C22H17F4N3O2. The van der Waals surface area contributed by atoms with Crippen molar-refractivity contribution in [2.75, 3.05) is 0 Å². The Morgan fingerprint density at radius 3 is 2.58 bits per heavy atom. The largest absolute Gasteiger partial charge is 0.418 e. The fourth-order valence-electron chi connectivity index (χ4n) is 3.54. The van der Waals surface area contributed by atoms with Gasteiger partial charge in [-0.2, -0.15) is 18.3 Å². The number of carbonyl (C=O) groups is 1. The number of hydrogen-bond donors (Lipinski definition) is 1. The van der Waals surface area contributed by atoms with Crippen molar-refractivity contribution in [3.63, 3.8) is 0 Å². The van der Waals surface area contributed by atoms with Crippen molar-refractivity contribution in [3.05, 3.63) is 93.2 Å². The maximum absolute atomic E-state index is 13.4. The number of nitrogens with zero attached hydrogens (tertiary/aromatic N) is 2. The topological polar surface area (TPSA) is 64.0 Å². The third-order valence-corrected chi connectivity index (χ3v) is 5.14. The van der Waals surface area contributed by atoms with E-state index in [-0.39, 0.29) is 29.2 Å². The molecule has 1 amide bonds. The average molecular weight is 431 g/mol. The Hall–Kier alpha value is -3.49.